The Morgan fingerprint density at radius 3 is 2.55 bits per heavy atom. The summed E-state index contributed by atoms with van der Waals surface area (Å²) in [7, 11) is 1.98. The molecular weight excluding hydrogens is 332 g/mol. The second-order valence-corrected chi connectivity index (χ2v) is 7.48. The lowest BCUT2D eigenvalue weighted by molar-refractivity contribution is 0.514. The number of hydrogen-bond donors (Lipinski definition) is 1. The molecule has 0 amide bonds. The predicted octanol–water partition coefficient (Wildman–Crippen LogP) is 5.57. The van der Waals surface area contributed by atoms with Crippen LogP contribution in [0.4, 0.5) is 5.69 Å². The van der Waals surface area contributed by atoms with Crippen molar-refractivity contribution in [2.24, 2.45) is 0 Å². The number of benzene rings is 1. The zero-order chi connectivity index (χ0) is 15.9. The summed E-state index contributed by atoms with van der Waals surface area (Å²) in [5.41, 5.74) is 2.40. The molecule has 0 aliphatic rings. The van der Waals surface area contributed by atoms with Gasteiger partial charge in [0, 0.05) is 17.6 Å². The van der Waals surface area contributed by atoms with Crippen LogP contribution in [-0.2, 0) is 13.0 Å². The van der Waals surface area contributed by atoms with Gasteiger partial charge < -0.3 is 10.2 Å². The van der Waals surface area contributed by atoms with Crippen LogP contribution in [0.1, 0.15) is 30.2 Å². The molecular formula is C17H21ClN2S2. The maximum atomic E-state index is 5.96. The highest BCUT2D eigenvalue weighted by Crippen LogP contribution is 2.22. The number of halogens is 1. The Hall–Kier alpha value is -1.10. The minimum Gasteiger partial charge on any atom is -0.347 e. The second kappa shape index (κ2) is 8.51. The molecule has 0 saturated heterocycles. The van der Waals surface area contributed by atoms with Gasteiger partial charge in [0.05, 0.1) is 10.9 Å². The number of unbranched alkanes of at least 4 members (excludes halogenated alkanes) is 1. The van der Waals surface area contributed by atoms with Crippen LogP contribution in [0.2, 0.25) is 4.34 Å². The average molecular weight is 353 g/mol. The predicted molar refractivity (Wildman–Crippen MR) is 102 cm³/mol. The summed E-state index contributed by atoms with van der Waals surface area (Å²) >= 11 is 13.0. The number of thiophene rings is 1. The molecule has 1 aromatic carbocycles. The van der Waals surface area contributed by atoms with Gasteiger partial charge in [-0.2, -0.15) is 0 Å². The van der Waals surface area contributed by atoms with E-state index in [-0.39, 0.29) is 0 Å². The molecule has 1 N–H and O–H groups in total. The van der Waals surface area contributed by atoms with Gasteiger partial charge in [-0.15, -0.1) is 11.3 Å². The lowest BCUT2D eigenvalue weighted by Crippen LogP contribution is -2.30. The highest BCUT2D eigenvalue weighted by Gasteiger charge is 2.07. The summed E-state index contributed by atoms with van der Waals surface area (Å²) in [5.74, 6) is 0. The average Bonchev–Trinajstić information content (AvgIpc) is 2.91. The fourth-order valence-electron chi connectivity index (χ4n) is 2.10. The van der Waals surface area contributed by atoms with Crippen LogP contribution in [0, 0.1) is 0 Å². The van der Waals surface area contributed by atoms with Gasteiger partial charge in [0.2, 0.25) is 0 Å². The number of nitrogens with zero attached hydrogens (tertiary/aromatic N) is 1. The van der Waals surface area contributed by atoms with E-state index in [0.717, 1.165) is 23.0 Å². The van der Waals surface area contributed by atoms with E-state index in [0.29, 0.717) is 5.11 Å². The molecule has 0 bridgehead atoms. The lowest BCUT2D eigenvalue weighted by Gasteiger charge is -2.20. The van der Waals surface area contributed by atoms with Gasteiger partial charge in [0.25, 0.3) is 0 Å². The second-order valence-electron chi connectivity index (χ2n) is 5.29. The smallest absolute Gasteiger partial charge is 0.173 e. The fourth-order valence-corrected chi connectivity index (χ4v) is 3.42. The number of rotatable bonds is 6. The molecule has 0 atom stereocenters. The largest absolute Gasteiger partial charge is 0.347 e. The standard InChI is InChI=1S/C17H21ClN2S2/c1-3-4-5-13-6-8-14(9-7-13)19-17(21)20(2)12-15-10-11-16(18)22-15/h6-11H,3-5,12H2,1-2H3,(H,19,21). The lowest BCUT2D eigenvalue weighted by atomic mass is 10.1. The Morgan fingerprint density at radius 1 is 1.23 bits per heavy atom. The minimum atomic E-state index is 0.714. The maximum Gasteiger partial charge on any atom is 0.173 e. The van der Waals surface area contributed by atoms with E-state index in [9.17, 15) is 0 Å². The number of thiocarbonyl (C=S) groups is 1. The molecule has 0 unspecified atom stereocenters. The summed E-state index contributed by atoms with van der Waals surface area (Å²) in [5, 5.41) is 3.99. The third-order valence-electron chi connectivity index (χ3n) is 3.39. The molecule has 1 heterocycles. The molecule has 5 heteroatoms. The van der Waals surface area contributed by atoms with Crippen LogP contribution in [0.5, 0.6) is 0 Å². The maximum absolute atomic E-state index is 5.96. The van der Waals surface area contributed by atoms with Gasteiger partial charge in [-0.1, -0.05) is 37.1 Å². The molecule has 0 aliphatic carbocycles. The Bertz CT molecular complexity index is 607. The van der Waals surface area contributed by atoms with Crippen LogP contribution in [0.3, 0.4) is 0 Å². The van der Waals surface area contributed by atoms with Crippen molar-refractivity contribution >= 4 is 46.0 Å². The molecule has 0 aliphatic heterocycles. The summed E-state index contributed by atoms with van der Waals surface area (Å²) in [4.78, 5) is 3.22. The van der Waals surface area contributed by atoms with Crippen molar-refractivity contribution in [2.45, 2.75) is 32.7 Å². The Kier molecular flexibility index (Phi) is 6.68. The Labute approximate surface area is 147 Å². The summed E-state index contributed by atoms with van der Waals surface area (Å²) in [6.07, 6.45) is 3.60. The van der Waals surface area contributed by atoms with E-state index in [4.69, 9.17) is 23.8 Å². The molecule has 1 aromatic heterocycles. The van der Waals surface area contributed by atoms with E-state index in [1.54, 1.807) is 11.3 Å². The normalized spacial score (nSPS) is 10.5. The monoisotopic (exact) mass is 352 g/mol. The zero-order valence-electron chi connectivity index (χ0n) is 12.9. The first-order valence-corrected chi connectivity index (χ1v) is 9.04. The van der Waals surface area contributed by atoms with E-state index in [1.807, 2.05) is 24.1 Å². The van der Waals surface area contributed by atoms with Crippen molar-refractivity contribution in [2.75, 3.05) is 12.4 Å². The summed E-state index contributed by atoms with van der Waals surface area (Å²) in [6.45, 7) is 2.97. The van der Waals surface area contributed by atoms with Crippen LogP contribution in [0.15, 0.2) is 36.4 Å². The van der Waals surface area contributed by atoms with Gasteiger partial charge in [-0.3, -0.25) is 0 Å². The highest BCUT2D eigenvalue weighted by atomic mass is 35.5. The first kappa shape index (κ1) is 17.3. The molecule has 0 radical (unpaired) electrons. The number of aryl methyl sites for hydroxylation is 1. The van der Waals surface area contributed by atoms with Gasteiger partial charge in [0.15, 0.2) is 5.11 Å². The summed E-state index contributed by atoms with van der Waals surface area (Å²) in [6, 6.07) is 12.5. The van der Waals surface area contributed by atoms with Gasteiger partial charge in [0.1, 0.15) is 0 Å². The zero-order valence-corrected chi connectivity index (χ0v) is 15.3. The van der Waals surface area contributed by atoms with Gasteiger partial charge >= 0.3 is 0 Å². The molecule has 0 saturated carbocycles. The summed E-state index contributed by atoms with van der Waals surface area (Å²) < 4.78 is 0.810. The van der Waals surface area contributed by atoms with Crippen molar-refractivity contribution in [1.82, 2.24) is 4.90 Å². The van der Waals surface area contributed by atoms with Crippen LogP contribution < -0.4 is 5.32 Å². The van der Waals surface area contributed by atoms with Gasteiger partial charge in [-0.25, -0.2) is 0 Å². The molecule has 2 aromatic rings. The minimum absolute atomic E-state index is 0.714. The SMILES string of the molecule is CCCCc1ccc(NC(=S)N(C)Cc2ccc(Cl)s2)cc1. The van der Waals surface area contributed by atoms with Crippen molar-refractivity contribution < 1.29 is 0 Å². The van der Waals surface area contributed by atoms with Crippen LogP contribution in [-0.4, -0.2) is 17.1 Å². The van der Waals surface area contributed by atoms with Gasteiger partial charge in [-0.05, 0) is 54.9 Å². The fraction of sp³-hybridized carbons (Fsp3) is 0.353. The first-order valence-electron chi connectivity index (χ1n) is 7.43. The van der Waals surface area contributed by atoms with Crippen molar-refractivity contribution in [1.29, 1.82) is 0 Å². The van der Waals surface area contributed by atoms with Crippen molar-refractivity contribution in [3.8, 4) is 0 Å². The van der Waals surface area contributed by atoms with E-state index in [1.165, 1.54) is 23.3 Å². The third kappa shape index (κ3) is 5.27. The molecule has 0 spiro atoms. The quantitative estimate of drug-likeness (QED) is 0.684. The molecule has 22 heavy (non-hydrogen) atoms. The van der Waals surface area contributed by atoms with E-state index >= 15 is 0 Å². The number of hydrogen-bond acceptors (Lipinski definition) is 2. The highest BCUT2D eigenvalue weighted by molar-refractivity contribution is 7.80. The molecule has 2 rings (SSSR count). The topological polar surface area (TPSA) is 15.3 Å². The van der Waals surface area contributed by atoms with Crippen LogP contribution in [0.25, 0.3) is 0 Å². The molecule has 118 valence electrons. The molecule has 0 fully saturated rings. The Morgan fingerprint density at radius 2 is 1.95 bits per heavy atom. The van der Waals surface area contributed by atoms with Crippen molar-refractivity contribution in [3.63, 3.8) is 0 Å². The van der Waals surface area contributed by atoms with Crippen LogP contribution >= 0.6 is 35.2 Å². The number of anilines is 1. The van der Waals surface area contributed by atoms with E-state index in [2.05, 4.69) is 36.5 Å². The van der Waals surface area contributed by atoms with Crippen molar-refractivity contribution in [3.05, 3.63) is 51.2 Å². The number of nitrogens with one attached hydrogen (secondary N) is 1. The third-order valence-corrected chi connectivity index (χ3v) is 5.02. The Balaban J connectivity index is 1.87. The molecule has 2 nitrogen and oxygen atoms in total. The van der Waals surface area contributed by atoms with E-state index < -0.39 is 0 Å². The first-order chi connectivity index (χ1) is 10.6.